The van der Waals surface area contributed by atoms with E-state index in [0.29, 0.717) is 12.0 Å². The first-order chi connectivity index (χ1) is 8.24. The van der Waals surface area contributed by atoms with Crippen LogP contribution in [0.2, 0.25) is 0 Å². The third kappa shape index (κ3) is 2.88. The zero-order valence-electron chi connectivity index (χ0n) is 10.2. The van der Waals surface area contributed by atoms with Gasteiger partial charge in [-0.2, -0.15) is 0 Å². The molecule has 0 bridgehead atoms. The Kier molecular flexibility index (Phi) is 3.49. The van der Waals surface area contributed by atoms with Crippen molar-refractivity contribution in [1.29, 1.82) is 0 Å². The van der Waals surface area contributed by atoms with Crippen molar-refractivity contribution in [1.82, 2.24) is 5.43 Å². The summed E-state index contributed by atoms with van der Waals surface area (Å²) in [5.74, 6) is 7.00. The Morgan fingerprint density at radius 3 is 2.88 bits per heavy atom. The van der Waals surface area contributed by atoms with Crippen molar-refractivity contribution >= 4 is 11.6 Å². The highest BCUT2D eigenvalue weighted by Crippen LogP contribution is 2.25. The third-order valence-electron chi connectivity index (χ3n) is 2.74. The second-order valence-corrected chi connectivity index (χ2v) is 4.09. The SMILES string of the molecule is COc1cccc(N(C)C(=NC2CC2)NN)c1. The molecule has 5 nitrogen and oxygen atoms in total. The molecule has 1 aliphatic rings. The van der Waals surface area contributed by atoms with Crippen LogP contribution < -0.4 is 20.9 Å². The largest absolute Gasteiger partial charge is 0.497 e. The fraction of sp³-hybridized carbons (Fsp3) is 0.417. The second-order valence-electron chi connectivity index (χ2n) is 4.09. The van der Waals surface area contributed by atoms with E-state index in [4.69, 9.17) is 10.6 Å². The van der Waals surface area contributed by atoms with E-state index < -0.39 is 0 Å². The standard InChI is InChI=1S/C12H18N4O/c1-16(12(15-13)14-9-6-7-9)10-4-3-5-11(8-10)17-2/h3-5,8-9H,6-7,13H2,1-2H3,(H,14,15). The average Bonchev–Trinajstić information content (AvgIpc) is 3.19. The van der Waals surface area contributed by atoms with Gasteiger partial charge in [-0.3, -0.25) is 5.43 Å². The van der Waals surface area contributed by atoms with Crippen molar-refractivity contribution < 1.29 is 4.74 Å². The summed E-state index contributed by atoms with van der Waals surface area (Å²) < 4.78 is 5.19. The van der Waals surface area contributed by atoms with Crippen molar-refractivity contribution in [3.05, 3.63) is 24.3 Å². The Bertz CT molecular complexity index is 415. The van der Waals surface area contributed by atoms with Gasteiger partial charge in [0, 0.05) is 18.8 Å². The molecule has 0 aliphatic heterocycles. The van der Waals surface area contributed by atoms with E-state index in [0.717, 1.165) is 24.3 Å². The molecule has 0 amide bonds. The van der Waals surface area contributed by atoms with Crippen molar-refractivity contribution in [3.63, 3.8) is 0 Å². The molecule has 0 unspecified atom stereocenters. The van der Waals surface area contributed by atoms with E-state index in [1.807, 2.05) is 36.2 Å². The Morgan fingerprint density at radius 2 is 2.29 bits per heavy atom. The monoisotopic (exact) mass is 234 g/mol. The van der Waals surface area contributed by atoms with E-state index in [2.05, 4.69) is 10.4 Å². The van der Waals surface area contributed by atoms with E-state index in [1.165, 1.54) is 0 Å². The first-order valence-electron chi connectivity index (χ1n) is 5.67. The summed E-state index contributed by atoms with van der Waals surface area (Å²) in [4.78, 5) is 6.42. The molecular weight excluding hydrogens is 216 g/mol. The number of anilines is 1. The van der Waals surface area contributed by atoms with Gasteiger partial charge in [0.05, 0.1) is 13.2 Å². The lowest BCUT2D eigenvalue weighted by molar-refractivity contribution is 0.415. The third-order valence-corrected chi connectivity index (χ3v) is 2.74. The predicted octanol–water partition coefficient (Wildman–Crippen LogP) is 1.11. The number of rotatable bonds is 3. The molecule has 0 aromatic heterocycles. The van der Waals surface area contributed by atoms with Crippen LogP contribution in [0.15, 0.2) is 29.3 Å². The number of guanidine groups is 1. The molecule has 2 rings (SSSR count). The molecule has 3 N–H and O–H groups in total. The van der Waals surface area contributed by atoms with E-state index in [1.54, 1.807) is 7.11 Å². The van der Waals surface area contributed by atoms with Gasteiger partial charge in [-0.1, -0.05) is 6.07 Å². The van der Waals surface area contributed by atoms with Crippen LogP contribution in [0.4, 0.5) is 5.69 Å². The number of nitrogens with one attached hydrogen (secondary N) is 1. The Morgan fingerprint density at radius 1 is 1.53 bits per heavy atom. The van der Waals surface area contributed by atoms with Gasteiger partial charge < -0.3 is 9.64 Å². The summed E-state index contributed by atoms with van der Waals surface area (Å²) in [5, 5.41) is 0. The Labute approximate surface area is 101 Å². The maximum Gasteiger partial charge on any atom is 0.212 e. The van der Waals surface area contributed by atoms with Crippen LogP contribution in [0.5, 0.6) is 5.75 Å². The minimum absolute atomic E-state index is 0.425. The lowest BCUT2D eigenvalue weighted by atomic mass is 10.3. The van der Waals surface area contributed by atoms with Gasteiger partial charge in [0.15, 0.2) is 0 Å². The lowest BCUT2D eigenvalue weighted by Gasteiger charge is -2.21. The number of benzene rings is 1. The normalized spacial score (nSPS) is 15.6. The molecule has 1 fully saturated rings. The first-order valence-corrected chi connectivity index (χ1v) is 5.67. The molecule has 0 heterocycles. The maximum atomic E-state index is 5.50. The van der Waals surface area contributed by atoms with Gasteiger partial charge in [-0.15, -0.1) is 0 Å². The van der Waals surface area contributed by atoms with Crippen molar-refractivity contribution in [2.24, 2.45) is 10.8 Å². The zero-order chi connectivity index (χ0) is 12.3. The summed E-state index contributed by atoms with van der Waals surface area (Å²) in [7, 11) is 3.58. The summed E-state index contributed by atoms with van der Waals surface area (Å²) in [6.45, 7) is 0. The number of nitrogens with zero attached hydrogens (tertiary/aromatic N) is 2. The lowest BCUT2D eigenvalue weighted by Crippen LogP contribution is -2.43. The summed E-state index contributed by atoms with van der Waals surface area (Å²) in [6.07, 6.45) is 2.30. The molecule has 1 aromatic rings. The highest BCUT2D eigenvalue weighted by atomic mass is 16.5. The van der Waals surface area contributed by atoms with Crippen LogP contribution >= 0.6 is 0 Å². The fourth-order valence-electron chi connectivity index (χ4n) is 1.54. The number of hydrogen-bond donors (Lipinski definition) is 2. The first kappa shape index (κ1) is 11.7. The van der Waals surface area contributed by atoms with Gasteiger partial charge in [0.2, 0.25) is 5.96 Å². The van der Waals surface area contributed by atoms with E-state index in [9.17, 15) is 0 Å². The highest BCUT2D eigenvalue weighted by Gasteiger charge is 2.22. The van der Waals surface area contributed by atoms with Crippen molar-refractivity contribution in [3.8, 4) is 5.75 Å². The van der Waals surface area contributed by atoms with Crippen molar-refractivity contribution in [2.75, 3.05) is 19.1 Å². The maximum absolute atomic E-state index is 5.50. The van der Waals surface area contributed by atoms with Gasteiger partial charge >= 0.3 is 0 Å². The van der Waals surface area contributed by atoms with Gasteiger partial charge in [-0.25, -0.2) is 10.8 Å². The second kappa shape index (κ2) is 5.05. The molecule has 92 valence electrons. The molecule has 0 atom stereocenters. The van der Waals surface area contributed by atoms with Crippen LogP contribution in [-0.2, 0) is 0 Å². The van der Waals surface area contributed by atoms with Gasteiger partial charge in [-0.05, 0) is 25.0 Å². The van der Waals surface area contributed by atoms with Crippen LogP contribution in [0.25, 0.3) is 0 Å². The molecule has 1 aromatic carbocycles. The van der Waals surface area contributed by atoms with Gasteiger partial charge in [0.25, 0.3) is 0 Å². The quantitative estimate of drug-likeness (QED) is 0.356. The number of ether oxygens (including phenoxy) is 1. The van der Waals surface area contributed by atoms with E-state index in [-0.39, 0.29) is 0 Å². The topological polar surface area (TPSA) is 62.9 Å². The summed E-state index contributed by atoms with van der Waals surface area (Å²) >= 11 is 0. The minimum Gasteiger partial charge on any atom is -0.497 e. The fourth-order valence-corrected chi connectivity index (χ4v) is 1.54. The molecule has 0 spiro atoms. The predicted molar refractivity (Wildman–Crippen MR) is 69.2 cm³/mol. The summed E-state index contributed by atoms with van der Waals surface area (Å²) in [5.41, 5.74) is 3.63. The number of aliphatic imine (C=N–C) groups is 1. The van der Waals surface area contributed by atoms with Crippen LogP contribution in [-0.4, -0.2) is 26.2 Å². The van der Waals surface area contributed by atoms with Crippen molar-refractivity contribution in [2.45, 2.75) is 18.9 Å². The Hall–Kier alpha value is -1.75. The molecular formula is C12H18N4O. The van der Waals surface area contributed by atoms with Crippen LogP contribution in [0, 0.1) is 0 Å². The molecule has 5 heteroatoms. The molecule has 17 heavy (non-hydrogen) atoms. The van der Waals surface area contributed by atoms with Gasteiger partial charge in [0.1, 0.15) is 5.75 Å². The molecule has 1 saturated carbocycles. The number of nitrogens with two attached hydrogens (primary N) is 1. The number of hydrogen-bond acceptors (Lipinski definition) is 3. The number of methoxy groups -OCH3 is 1. The highest BCUT2D eigenvalue weighted by molar-refractivity contribution is 5.95. The molecule has 0 saturated heterocycles. The molecule has 1 aliphatic carbocycles. The summed E-state index contributed by atoms with van der Waals surface area (Å²) in [6, 6.07) is 8.21. The zero-order valence-corrected chi connectivity index (χ0v) is 10.2. The number of hydrazine groups is 1. The average molecular weight is 234 g/mol. The van der Waals surface area contributed by atoms with Crippen LogP contribution in [0.1, 0.15) is 12.8 Å². The minimum atomic E-state index is 0.425. The van der Waals surface area contributed by atoms with E-state index >= 15 is 0 Å². The van der Waals surface area contributed by atoms with Crippen LogP contribution in [0.3, 0.4) is 0 Å². The smallest absolute Gasteiger partial charge is 0.212 e. The Balaban J connectivity index is 2.18. The molecule has 0 radical (unpaired) electrons.